The SMILES string of the molecule is COc1cccc(F)c1OCCCN1CCCC1. The molecule has 0 amide bonds. The maximum absolute atomic E-state index is 13.5. The van der Waals surface area contributed by atoms with Crippen molar-refractivity contribution in [1.29, 1.82) is 0 Å². The van der Waals surface area contributed by atoms with Crippen LogP contribution in [-0.4, -0.2) is 38.3 Å². The van der Waals surface area contributed by atoms with Crippen LogP contribution in [-0.2, 0) is 0 Å². The summed E-state index contributed by atoms with van der Waals surface area (Å²) < 4.78 is 24.1. The van der Waals surface area contributed by atoms with Crippen LogP contribution in [0.2, 0.25) is 0 Å². The minimum Gasteiger partial charge on any atom is -0.493 e. The zero-order chi connectivity index (χ0) is 12.8. The summed E-state index contributed by atoms with van der Waals surface area (Å²) in [6.45, 7) is 3.91. The van der Waals surface area contributed by atoms with Crippen LogP contribution in [0.25, 0.3) is 0 Å². The van der Waals surface area contributed by atoms with Crippen LogP contribution in [0, 0.1) is 5.82 Å². The molecule has 1 saturated heterocycles. The first-order valence-electron chi connectivity index (χ1n) is 6.49. The van der Waals surface area contributed by atoms with Gasteiger partial charge in [-0.25, -0.2) is 4.39 Å². The van der Waals surface area contributed by atoms with Crippen LogP contribution in [0.15, 0.2) is 18.2 Å². The second-order valence-corrected chi connectivity index (χ2v) is 4.52. The molecule has 1 aromatic rings. The van der Waals surface area contributed by atoms with E-state index in [1.165, 1.54) is 39.1 Å². The van der Waals surface area contributed by atoms with E-state index in [0.717, 1.165) is 13.0 Å². The van der Waals surface area contributed by atoms with Crippen molar-refractivity contribution in [3.05, 3.63) is 24.0 Å². The van der Waals surface area contributed by atoms with Crippen molar-refractivity contribution in [3.8, 4) is 11.5 Å². The van der Waals surface area contributed by atoms with Crippen LogP contribution in [0.5, 0.6) is 11.5 Å². The number of benzene rings is 1. The molecule has 0 N–H and O–H groups in total. The molecule has 0 aliphatic carbocycles. The fourth-order valence-corrected chi connectivity index (χ4v) is 2.26. The Kier molecular flexibility index (Phi) is 4.81. The predicted molar refractivity (Wildman–Crippen MR) is 68.7 cm³/mol. The Morgan fingerprint density at radius 2 is 2.06 bits per heavy atom. The predicted octanol–water partition coefficient (Wildman–Crippen LogP) is 2.70. The normalized spacial score (nSPS) is 15.9. The highest BCUT2D eigenvalue weighted by molar-refractivity contribution is 5.40. The Balaban J connectivity index is 1.78. The summed E-state index contributed by atoms with van der Waals surface area (Å²) in [4.78, 5) is 2.42. The number of ether oxygens (including phenoxy) is 2. The van der Waals surface area contributed by atoms with Gasteiger partial charge in [0.25, 0.3) is 0 Å². The summed E-state index contributed by atoms with van der Waals surface area (Å²) in [5, 5.41) is 0. The van der Waals surface area contributed by atoms with E-state index in [9.17, 15) is 4.39 Å². The van der Waals surface area contributed by atoms with Crippen molar-refractivity contribution < 1.29 is 13.9 Å². The van der Waals surface area contributed by atoms with E-state index in [4.69, 9.17) is 9.47 Å². The molecule has 1 aromatic carbocycles. The zero-order valence-corrected chi connectivity index (χ0v) is 10.8. The first-order chi connectivity index (χ1) is 8.81. The van der Waals surface area contributed by atoms with Crippen molar-refractivity contribution in [1.82, 2.24) is 4.90 Å². The quantitative estimate of drug-likeness (QED) is 0.728. The molecule has 2 rings (SSSR count). The highest BCUT2D eigenvalue weighted by atomic mass is 19.1. The van der Waals surface area contributed by atoms with Crippen LogP contribution < -0.4 is 9.47 Å². The average molecular weight is 253 g/mol. The Labute approximate surface area is 107 Å². The van der Waals surface area contributed by atoms with Crippen LogP contribution in [0.1, 0.15) is 19.3 Å². The van der Waals surface area contributed by atoms with Gasteiger partial charge in [0, 0.05) is 6.54 Å². The van der Waals surface area contributed by atoms with E-state index in [1.807, 2.05) is 0 Å². The summed E-state index contributed by atoms with van der Waals surface area (Å²) in [5.74, 6) is 0.313. The lowest BCUT2D eigenvalue weighted by molar-refractivity contribution is 0.245. The van der Waals surface area contributed by atoms with Gasteiger partial charge in [0.2, 0.25) is 0 Å². The molecular weight excluding hydrogens is 233 g/mol. The zero-order valence-electron chi connectivity index (χ0n) is 10.8. The minimum absolute atomic E-state index is 0.224. The molecule has 100 valence electrons. The molecule has 0 atom stereocenters. The fraction of sp³-hybridized carbons (Fsp3) is 0.571. The number of para-hydroxylation sites is 1. The van der Waals surface area contributed by atoms with Crippen LogP contribution in [0.3, 0.4) is 0 Å². The lowest BCUT2D eigenvalue weighted by atomic mass is 10.3. The third kappa shape index (κ3) is 3.35. The third-order valence-corrected chi connectivity index (χ3v) is 3.21. The van der Waals surface area contributed by atoms with Gasteiger partial charge in [-0.15, -0.1) is 0 Å². The van der Waals surface area contributed by atoms with E-state index in [0.29, 0.717) is 12.4 Å². The molecule has 18 heavy (non-hydrogen) atoms. The van der Waals surface area contributed by atoms with Crippen molar-refractivity contribution in [3.63, 3.8) is 0 Å². The number of likely N-dealkylation sites (tertiary alicyclic amines) is 1. The lowest BCUT2D eigenvalue weighted by Crippen LogP contribution is -2.22. The van der Waals surface area contributed by atoms with Gasteiger partial charge in [0.05, 0.1) is 13.7 Å². The smallest absolute Gasteiger partial charge is 0.197 e. The largest absolute Gasteiger partial charge is 0.493 e. The second kappa shape index (κ2) is 6.59. The minimum atomic E-state index is -0.365. The van der Waals surface area contributed by atoms with Crippen molar-refractivity contribution in [2.45, 2.75) is 19.3 Å². The molecule has 0 saturated carbocycles. The second-order valence-electron chi connectivity index (χ2n) is 4.52. The van der Waals surface area contributed by atoms with Gasteiger partial charge in [-0.1, -0.05) is 6.07 Å². The van der Waals surface area contributed by atoms with Crippen molar-refractivity contribution >= 4 is 0 Å². The van der Waals surface area contributed by atoms with Gasteiger partial charge in [0.15, 0.2) is 17.3 Å². The summed E-state index contributed by atoms with van der Waals surface area (Å²) in [6.07, 6.45) is 3.50. The average Bonchev–Trinajstić information content (AvgIpc) is 2.89. The van der Waals surface area contributed by atoms with E-state index in [1.54, 1.807) is 12.1 Å². The molecule has 0 bridgehead atoms. The molecule has 1 heterocycles. The number of methoxy groups -OCH3 is 1. The molecule has 4 heteroatoms. The van der Waals surface area contributed by atoms with Crippen molar-refractivity contribution in [2.24, 2.45) is 0 Å². The summed E-state index contributed by atoms with van der Waals surface area (Å²) in [7, 11) is 1.52. The summed E-state index contributed by atoms with van der Waals surface area (Å²) in [6, 6.07) is 4.71. The molecule has 0 aromatic heterocycles. The first kappa shape index (κ1) is 13.1. The molecule has 0 radical (unpaired) electrons. The molecule has 1 aliphatic heterocycles. The van der Waals surface area contributed by atoms with E-state index >= 15 is 0 Å². The summed E-state index contributed by atoms with van der Waals surface area (Å²) in [5.41, 5.74) is 0. The Bertz CT molecular complexity index is 378. The maximum atomic E-state index is 13.5. The number of nitrogens with zero attached hydrogens (tertiary/aromatic N) is 1. The van der Waals surface area contributed by atoms with Gasteiger partial charge in [-0.3, -0.25) is 0 Å². The summed E-state index contributed by atoms with van der Waals surface area (Å²) >= 11 is 0. The lowest BCUT2D eigenvalue weighted by Gasteiger charge is -2.15. The molecule has 3 nitrogen and oxygen atoms in total. The number of hydrogen-bond donors (Lipinski definition) is 0. The number of rotatable bonds is 6. The Morgan fingerprint density at radius 3 is 2.78 bits per heavy atom. The van der Waals surface area contributed by atoms with Gasteiger partial charge >= 0.3 is 0 Å². The van der Waals surface area contributed by atoms with Crippen LogP contribution >= 0.6 is 0 Å². The molecule has 0 spiro atoms. The standard InChI is InChI=1S/C14H20FNO2/c1-17-13-7-4-6-12(15)14(13)18-11-5-10-16-8-2-3-9-16/h4,6-7H,2-3,5,8-11H2,1H3. The molecule has 1 fully saturated rings. The monoisotopic (exact) mass is 253 g/mol. The highest BCUT2D eigenvalue weighted by Gasteiger charge is 2.12. The Morgan fingerprint density at radius 1 is 1.28 bits per heavy atom. The van der Waals surface area contributed by atoms with E-state index in [2.05, 4.69) is 4.90 Å². The molecule has 1 aliphatic rings. The fourth-order valence-electron chi connectivity index (χ4n) is 2.26. The van der Waals surface area contributed by atoms with Gasteiger partial charge in [-0.05, 0) is 44.5 Å². The molecular formula is C14H20FNO2. The van der Waals surface area contributed by atoms with Gasteiger partial charge < -0.3 is 14.4 Å². The topological polar surface area (TPSA) is 21.7 Å². The Hall–Kier alpha value is -1.29. The number of hydrogen-bond acceptors (Lipinski definition) is 3. The van der Waals surface area contributed by atoms with E-state index in [-0.39, 0.29) is 11.6 Å². The van der Waals surface area contributed by atoms with Gasteiger partial charge in [0.1, 0.15) is 0 Å². The number of halogens is 1. The van der Waals surface area contributed by atoms with Crippen molar-refractivity contribution in [2.75, 3.05) is 33.4 Å². The van der Waals surface area contributed by atoms with E-state index < -0.39 is 0 Å². The van der Waals surface area contributed by atoms with Crippen LogP contribution in [0.4, 0.5) is 4.39 Å². The third-order valence-electron chi connectivity index (χ3n) is 3.21. The molecule has 0 unspecified atom stereocenters. The first-order valence-corrected chi connectivity index (χ1v) is 6.49. The van der Waals surface area contributed by atoms with Gasteiger partial charge in [-0.2, -0.15) is 0 Å². The highest BCUT2D eigenvalue weighted by Crippen LogP contribution is 2.29. The maximum Gasteiger partial charge on any atom is 0.197 e.